The Morgan fingerprint density at radius 2 is 2.20 bits per heavy atom. The Balaban J connectivity index is 2.04. The van der Waals surface area contributed by atoms with E-state index in [0.717, 1.165) is 26.1 Å². The van der Waals surface area contributed by atoms with Gasteiger partial charge in [-0.2, -0.15) is 12.6 Å². The molecule has 0 unspecified atom stereocenters. The Labute approximate surface area is 97.2 Å². The fourth-order valence-corrected chi connectivity index (χ4v) is 2.40. The van der Waals surface area contributed by atoms with Crippen molar-refractivity contribution in [3.8, 4) is 0 Å². The first-order valence-electron chi connectivity index (χ1n) is 5.57. The summed E-state index contributed by atoms with van der Waals surface area (Å²) in [5.41, 5.74) is 2.82. The molecule has 1 heterocycles. The molecule has 0 radical (unpaired) electrons. The lowest BCUT2D eigenvalue weighted by atomic mass is 9.91. The zero-order valence-electron chi connectivity index (χ0n) is 9.15. The molecule has 0 bridgehead atoms. The molecule has 82 valence electrons. The van der Waals surface area contributed by atoms with Crippen molar-refractivity contribution >= 4 is 12.6 Å². The van der Waals surface area contributed by atoms with Crippen LogP contribution in [0.3, 0.4) is 0 Å². The maximum atomic E-state index is 5.52. The van der Waals surface area contributed by atoms with Gasteiger partial charge in [0.05, 0.1) is 6.61 Å². The van der Waals surface area contributed by atoms with Gasteiger partial charge in [0.15, 0.2) is 0 Å². The van der Waals surface area contributed by atoms with Crippen molar-refractivity contribution in [1.29, 1.82) is 0 Å². The van der Waals surface area contributed by atoms with Gasteiger partial charge in [-0.3, -0.25) is 0 Å². The van der Waals surface area contributed by atoms with E-state index in [-0.39, 0.29) is 0 Å². The standard InChI is InChI=1S/C13H18OS/c1-10-4-2-3-5-11(10)8-12-9-14-7-6-13(12)15/h2-5,12-13,15H,6-9H2,1H3/t12-,13-/m0/s1. The van der Waals surface area contributed by atoms with Crippen molar-refractivity contribution in [3.05, 3.63) is 35.4 Å². The first-order chi connectivity index (χ1) is 7.27. The van der Waals surface area contributed by atoms with Gasteiger partial charge in [-0.25, -0.2) is 0 Å². The summed E-state index contributed by atoms with van der Waals surface area (Å²) >= 11 is 4.64. The molecule has 0 aliphatic carbocycles. The van der Waals surface area contributed by atoms with E-state index in [1.165, 1.54) is 11.1 Å². The molecule has 1 aliphatic heterocycles. The van der Waals surface area contributed by atoms with Crippen LogP contribution in [0, 0.1) is 12.8 Å². The average molecular weight is 222 g/mol. The van der Waals surface area contributed by atoms with E-state index in [1.54, 1.807) is 0 Å². The number of benzene rings is 1. The van der Waals surface area contributed by atoms with Crippen LogP contribution < -0.4 is 0 Å². The quantitative estimate of drug-likeness (QED) is 0.757. The number of rotatable bonds is 2. The van der Waals surface area contributed by atoms with Crippen molar-refractivity contribution < 1.29 is 4.74 Å². The van der Waals surface area contributed by atoms with Crippen molar-refractivity contribution in [3.63, 3.8) is 0 Å². The van der Waals surface area contributed by atoms with Crippen LogP contribution in [0.5, 0.6) is 0 Å². The van der Waals surface area contributed by atoms with Gasteiger partial charge in [0.25, 0.3) is 0 Å². The smallest absolute Gasteiger partial charge is 0.0507 e. The third-order valence-electron chi connectivity index (χ3n) is 3.18. The third-order valence-corrected chi connectivity index (χ3v) is 3.86. The molecule has 0 N–H and O–H groups in total. The number of ether oxygens (including phenoxy) is 1. The van der Waals surface area contributed by atoms with Crippen LogP contribution in [0.1, 0.15) is 17.5 Å². The molecule has 1 aliphatic rings. The second-order valence-corrected chi connectivity index (χ2v) is 4.98. The van der Waals surface area contributed by atoms with Crippen LogP contribution in [-0.4, -0.2) is 18.5 Å². The van der Waals surface area contributed by atoms with Gasteiger partial charge in [-0.1, -0.05) is 24.3 Å². The van der Waals surface area contributed by atoms with Crippen molar-refractivity contribution in [1.82, 2.24) is 0 Å². The summed E-state index contributed by atoms with van der Waals surface area (Å²) in [6.07, 6.45) is 2.18. The molecule has 2 rings (SSSR count). The van der Waals surface area contributed by atoms with Gasteiger partial charge in [0, 0.05) is 11.9 Å². The van der Waals surface area contributed by atoms with Gasteiger partial charge in [0.2, 0.25) is 0 Å². The van der Waals surface area contributed by atoms with E-state index >= 15 is 0 Å². The van der Waals surface area contributed by atoms with Crippen LogP contribution in [0.4, 0.5) is 0 Å². The van der Waals surface area contributed by atoms with Gasteiger partial charge >= 0.3 is 0 Å². The summed E-state index contributed by atoms with van der Waals surface area (Å²) in [5, 5.41) is 0.498. The molecule has 0 spiro atoms. The molecule has 2 heteroatoms. The molecule has 1 aromatic rings. The molecule has 0 saturated carbocycles. The summed E-state index contributed by atoms with van der Waals surface area (Å²) in [4.78, 5) is 0. The molecular formula is C13H18OS. The van der Waals surface area contributed by atoms with E-state index in [9.17, 15) is 0 Å². The van der Waals surface area contributed by atoms with Crippen molar-refractivity contribution in [2.24, 2.45) is 5.92 Å². The van der Waals surface area contributed by atoms with Crippen LogP contribution in [0.25, 0.3) is 0 Å². The second kappa shape index (κ2) is 5.04. The number of hydrogen-bond acceptors (Lipinski definition) is 2. The van der Waals surface area contributed by atoms with E-state index in [0.29, 0.717) is 11.2 Å². The predicted molar refractivity (Wildman–Crippen MR) is 66.6 cm³/mol. The minimum atomic E-state index is 0.498. The van der Waals surface area contributed by atoms with E-state index < -0.39 is 0 Å². The summed E-state index contributed by atoms with van der Waals surface area (Å²) < 4.78 is 5.52. The average Bonchev–Trinajstić information content (AvgIpc) is 2.24. The summed E-state index contributed by atoms with van der Waals surface area (Å²) in [5.74, 6) is 0.572. The van der Waals surface area contributed by atoms with E-state index in [1.807, 2.05) is 0 Å². The van der Waals surface area contributed by atoms with Crippen LogP contribution in [-0.2, 0) is 11.2 Å². The Kier molecular flexibility index (Phi) is 3.71. The molecule has 1 fully saturated rings. The van der Waals surface area contributed by atoms with Gasteiger partial charge in [-0.15, -0.1) is 0 Å². The molecular weight excluding hydrogens is 204 g/mol. The number of hydrogen-bond donors (Lipinski definition) is 1. The topological polar surface area (TPSA) is 9.23 Å². The molecule has 1 saturated heterocycles. The zero-order valence-corrected chi connectivity index (χ0v) is 10.0. The lowest BCUT2D eigenvalue weighted by Crippen LogP contribution is -2.29. The normalized spacial score (nSPS) is 26.5. The molecule has 1 aromatic carbocycles. The highest BCUT2D eigenvalue weighted by Crippen LogP contribution is 2.24. The zero-order chi connectivity index (χ0) is 10.7. The van der Waals surface area contributed by atoms with Crippen molar-refractivity contribution in [2.75, 3.05) is 13.2 Å². The fourth-order valence-electron chi connectivity index (χ4n) is 2.10. The Hall–Kier alpha value is -0.470. The highest BCUT2D eigenvalue weighted by Gasteiger charge is 2.23. The fraction of sp³-hybridized carbons (Fsp3) is 0.538. The van der Waals surface area contributed by atoms with Gasteiger partial charge in [0.1, 0.15) is 0 Å². The lowest BCUT2D eigenvalue weighted by molar-refractivity contribution is 0.0596. The Morgan fingerprint density at radius 3 is 2.93 bits per heavy atom. The maximum Gasteiger partial charge on any atom is 0.0507 e. The van der Waals surface area contributed by atoms with E-state index in [4.69, 9.17) is 4.74 Å². The summed E-state index contributed by atoms with van der Waals surface area (Å²) in [6.45, 7) is 3.91. The van der Waals surface area contributed by atoms with Gasteiger partial charge < -0.3 is 4.74 Å². The molecule has 0 amide bonds. The predicted octanol–water partition coefficient (Wildman–Crippen LogP) is 2.87. The first kappa shape index (κ1) is 11.0. The molecule has 15 heavy (non-hydrogen) atoms. The minimum Gasteiger partial charge on any atom is -0.381 e. The van der Waals surface area contributed by atoms with Crippen LogP contribution in [0.15, 0.2) is 24.3 Å². The first-order valence-corrected chi connectivity index (χ1v) is 6.09. The highest BCUT2D eigenvalue weighted by atomic mass is 32.1. The number of aryl methyl sites for hydroxylation is 1. The minimum absolute atomic E-state index is 0.498. The van der Waals surface area contributed by atoms with Crippen LogP contribution >= 0.6 is 12.6 Å². The maximum absolute atomic E-state index is 5.52. The Morgan fingerprint density at radius 1 is 1.40 bits per heavy atom. The molecule has 1 nitrogen and oxygen atoms in total. The van der Waals surface area contributed by atoms with E-state index in [2.05, 4.69) is 43.8 Å². The summed E-state index contributed by atoms with van der Waals surface area (Å²) in [6, 6.07) is 8.59. The SMILES string of the molecule is Cc1ccccc1C[C@H]1COCC[C@@H]1S. The number of thiol groups is 1. The van der Waals surface area contributed by atoms with Gasteiger partial charge in [-0.05, 0) is 36.8 Å². The molecule has 2 atom stereocenters. The summed E-state index contributed by atoms with van der Waals surface area (Å²) in [7, 11) is 0. The second-order valence-electron chi connectivity index (χ2n) is 4.32. The monoisotopic (exact) mass is 222 g/mol. The Bertz CT molecular complexity index is 324. The van der Waals surface area contributed by atoms with Crippen molar-refractivity contribution in [2.45, 2.75) is 25.0 Å². The lowest BCUT2D eigenvalue weighted by Gasteiger charge is -2.28. The highest BCUT2D eigenvalue weighted by molar-refractivity contribution is 7.81. The third kappa shape index (κ3) is 2.76. The molecule has 0 aromatic heterocycles. The van der Waals surface area contributed by atoms with Crippen LogP contribution in [0.2, 0.25) is 0 Å². The largest absolute Gasteiger partial charge is 0.381 e.